The molecule has 0 amide bonds. The summed E-state index contributed by atoms with van der Waals surface area (Å²) in [4.78, 5) is 1.82. The van der Waals surface area contributed by atoms with E-state index in [9.17, 15) is 13.7 Å². The van der Waals surface area contributed by atoms with Gasteiger partial charge in [0.2, 0.25) is 5.88 Å². The molecule has 8 heteroatoms. The van der Waals surface area contributed by atoms with Crippen LogP contribution in [0.15, 0.2) is 35.6 Å². The molecule has 0 aromatic rings. The van der Waals surface area contributed by atoms with Gasteiger partial charge in [-0.25, -0.2) is 0 Å². The number of hydroxylamine groups is 1. The second-order valence-electron chi connectivity index (χ2n) is 4.98. The van der Waals surface area contributed by atoms with E-state index < -0.39 is 10.1 Å². The molecule has 7 nitrogen and oxygen atoms in total. The highest BCUT2D eigenvalue weighted by Crippen LogP contribution is 2.31. The smallest absolute Gasteiger partial charge is 0.283 e. The zero-order chi connectivity index (χ0) is 17.5. The van der Waals surface area contributed by atoms with Crippen LogP contribution >= 0.6 is 0 Å². The Kier molecular flexibility index (Phi) is 7.29. The second kappa shape index (κ2) is 8.72. The van der Waals surface area contributed by atoms with Gasteiger partial charge in [-0.15, -0.1) is 6.58 Å². The predicted octanol–water partition coefficient (Wildman–Crippen LogP) is 2.14. The minimum absolute atomic E-state index is 0.126. The largest absolute Gasteiger partial charge is 0.443 e. The molecule has 0 aromatic carbocycles. The molecule has 0 saturated carbocycles. The molecular formula is C15H23N3O4S. The van der Waals surface area contributed by atoms with Crippen LogP contribution in [0.2, 0.25) is 0 Å². The molecule has 1 aliphatic heterocycles. The summed E-state index contributed by atoms with van der Waals surface area (Å²) in [5.41, 5.74) is 3.66. The Hall–Kier alpha value is -1.82. The van der Waals surface area contributed by atoms with E-state index in [2.05, 4.69) is 22.4 Å². The van der Waals surface area contributed by atoms with E-state index >= 15 is 0 Å². The number of ether oxygens (including phenoxy) is 1. The fourth-order valence-corrected chi connectivity index (χ4v) is 2.89. The highest BCUT2D eigenvalue weighted by atomic mass is 32.2. The Morgan fingerprint density at radius 1 is 1.52 bits per heavy atom. The number of nitrogens with one attached hydrogen (secondary N) is 1. The summed E-state index contributed by atoms with van der Waals surface area (Å²) >= 11 is 0. The minimum Gasteiger partial charge on any atom is -0.443 e. The highest BCUT2D eigenvalue weighted by molar-refractivity contribution is 7.86. The quantitative estimate of drug-likeness (QED) is 0.390. The standard InChI is InChI=1S/C15H23N3O4S/c1-5-8-14(11-16)15-18(12(3)13(4)21-15)9-7-10-23(19,20)22-17-6-2/h5,17H,1,6-10H2,2-4H3/b15-14-. The third-order valence-electron chi connectivity index (χ3n) is 3.26. The number of allylic oxidation sites excluding steroid dienone is 4. The third kappa shape index (κ3) is 5.39. The molecule has 0 spiro atoms. The van der Waals surface area contributed by atoms with Crippen molar-refractivity contribution in [3.8, 4) is 6.07 Å². The average molecular weight is 341 g/mol. The SMILES string of the molecule is C=CC/C(C#N)=C1/OC(C)=C(C)N1CCCS(=O)(=O)ONCC. The highest BCUT2D eigenvalue weighted by Gasteiger charge is 2.27. The molecule has 0 radical (unpaired) electrons. The van der Waals surface area contributed by atoms with Crippen molar-refractivity contribution in [3.05, 3.63) is 35.6 Å². The van der Waals surface area contributed by atoms with E-state index in [0.717, 1.165) is 5.70 Å². The molecule has 0 aliphatic carbocycles. The van der Waals surface area contributed by atoms with Crippen molar-refractivity contribution in [2.24, 2.45) is 0 Å². The first-order valence-electron chi connectivity index (χ1n) is 7.37. The molecule has 0 atom stereocenters. The molecule has 0 fully saturated rings. The topological polar surface area (TPSA) is 91.7 Å². The van der Waals surface area contributed by atoms with Gasteiger partial charge in [0, 0.05) is 19.5 Å². The molecule has 0 aromatic heterocycles. The van der Waals surface area contributed by atoms with Crippen LogP contribution in [0, 0.1) is 11.3 Å². The third-order valence-corrected chi connectivity index (χ3v) is 4.42. The van der Waals surface area contributed by atoms with E-state index in [1.807, 2.05) is 18.7 Å². The van der Waals surface area contributed by atoms with Gasteiger partial charge in [0.25, 0.3) is 10.1 Å². The van der Waals surface area contributed by atoms with Crippen molar-refractivity contribution in [1.82, 2.24) is 10.4 Å². The van der Waals surface area contributed by atoms with Crippen molar-refractivity contribution >= 4 is 10.1 Å². The van der Waals surface area contributed by atoms with E-state index in [0.29, 0.717) is 43.1 Å². The molecule has 1 heterocycles. The van der Waals surface area contributed by atoms with Crippen molar-refractivity contribution in [3.63, 3.8) is 0 Å². The molecular weight excluding hydrogens is 318 g/mol. The van der Waals surface area contributed by atoms with Crippen LogP contribution in [0.25, 0.3) is 0 Å². The Bertz CT molecular complexity index is 644. The number of hydrogen-bond acceptors (Lipinski definition) is 7. The van der Waals surface area contributed by atoms with Crippen molar-refractivity contribution < 1.29 is 17.4 Å². The van der Waals surface area contributed by atoms with Crippen LogP contribution in [0.4, 0.5) is 0 Å². The minimum atomic E-state index is -3.61. The summed E-state index contributed by atoms with van der Waals surface area (Å²) in [7, 11) is -3.61. The van der Waals surface area contributed by atoms with Gasteiger partial charge in [0.15, 0.2) is 0 Å². The van der Waals surface area contributed by atoms with Crippen LogP contribution in [-0.4, -0.2) is 32.2 Å². The van der Waals surface area contributed by atoms with Gasteiger partial charge in [0.1, 0.15) is 11.8 Å². The summed E-state index contributed by atoms with van der Waals surface area (Å²) in [5.74, 6) is 1.02. The van der Waals surface area contributed by atoms with Gasteiger partial charge < -0.3 is 9.64 Å². The van der Waals surface area contributed by atoms with Gasteiger partial charge in [-0.3, -0.25) is 0 Å². The molecule has 23 heavy (non-hydrogen) atoms. The first-order valence-corrected chi connectivity index (χ1v) is 8.95. The Morgan fingerprint density at radius 2 is 2.22 bits per heavy atom. The Morgan fingerprint density at radius 3 is 2.78 bits per heavy atom. The van der Waals surface area contributed by atoms with Gasteiger partial charge in [0.05, 0.1) is 17.0 Å². The van der Waals surface area contributed by atoms with E-state index in [4.69, 9.17) is 4.74 Å². The van der Waals surface area contributed by atoms with Crippen LogP contribution in [0.3, 0.4) is 0 Å². The Labute approximate surface area is 137 Å². The van der Waals surface area contributed by atoms with Crippen molar-refractivity contribution in [2.75, 3.05) is 18.8 Å². The number of rotatable bonds is 9. The lowest BCUT2D eigenvalue weighted by Gasteiger charge is -2.20. The van der Waals surface area contributed by atoms with E-state index in [1.165, 1.54) is 0 Å². The van der Waals surface area contributed by atoms with Gasteiger partial charge in [-0.1, -0.05) is 13.0 Å². The summed E-state index contributed by atoms with van der Waals surface area (Å²) in [6.07, 6.45) is 2.37. The van der Waals surface area contributed by atoms with Crippen LogP contribution in [-0.2, 0) is 19.1 Å². The second-order valence-corrected chi connectivity index (χ2v) is 6.67. The van der Waals surface area contributed by atoms with Crippen LogP contribution < -0.4 is 5.48 Å². The van der Waals surface area contributed by atoms with Crippen molar-refractivity contribution in [2.45, 2.75) is 33.6 Å². The maximum atomic E-state index is 11.7. The molecule has 0 bridgehead atoms. The van der Waals surface area contributed by atoms with E-state index in [1.54, 1.807) is 13.0 Å². The fourth-order valence-electron chi connectivity index (χ4n) is 2.03. The Balaban J connectivity index is 2.79. The summed E-state index contributed by atoms with van der Waals surface area (Å²) in [6.45, 7) is 9.87. The summed E-state index contributed by atoms with van der Waals surface area (Å²) in [6, 6.07) is 2.11. The molecule has 0 unspecified atom stereocenters. The number of nitriles is 1. The zero-order valence-corrected chi connectivity index (χ0v) is 14.6. The average Bonchev–Trinajstić information content (AvgIpc) is 2.78. The monoisotopic (exact) mass is 341 g/mol. The van der Waals surface area contributed by atoms with Gasteiger partial charge >= 0.3 is 0 Å². The van der Waals surface area contributed by atoms with Crippen LogP contribution in [0.1, 0.15) is 33.6 Å². The fraction of sp³-hybridized carbons (Fsp3) is 0.533. The predicted molar refractivity (Wildman–Crippen MR) is 86.8 cm³/mol. The molecule has 128 valence electrons. The zero-order valence-electron chi connectivity index (χ0n) is 13.8. The molecule has 1 rings (SSSR count). The summed E-state index contributed by atoms with van der Waals surface area (Å²) in [5, 5.41) is 9.25. The van der Waals surface area contributed by atoms with Gasteiger partial charge in [-0.2, -0.15) is 23.4 Å². The molecule has 1 N–H and O–H groups in total. The maximum Gasteiger partial charge on any atom is 0.283 e. The first kappa shape index (κ1) is 19.2. The van der Waals surface area contributed by atoms with Crippen LogP contribution in [0.5, 0.6) is 0 Å². The maximum absolute atomic E-state index is 11.7. The molecule has 1 aliphatic rings. The first-order chi connectivity index (χ1) is 10.9. The lowest BCUT2D eigenvalue weighted by molar-refractivity contribution is 0.209. The number of hydrogen-bond donors (Lipinski definition) is 1. The van der Waals surface area contributed by atoms with Crippen molar-refractivity contribution in [1.29, 1.82) is 5.26 Å². The lowest BCUT2D eigenvalue weighted by atomic mass is 10.2. The summed E-state index contributed by atoms with van der Waals surface area (Å²) < 4.78 is 33.6. The van der Waals surface area contributed by atoms with E-state index in [-0.39, 0.29) is 5.75 Å². The molecule has 0 saturated heterocycles. The van der Waals surface area contributed by atoms with Gasteiger partial charge in [-0.05, 0) is 20.3 Å². The lowest BCUT2D eigenvalue weighted by Crippen LogP contribution is -2.25. The normalized spacial score (nSPS) is 17.0. The number of nitrogens with zero attached hydrogens (tertiary/aromatic N) is 2.